The van der Waals surface area contributed by atoms with Crippen molar-refractivity contribution in [2.24, 2.45) is 5.73 Å². The fraction of sp³-hybridized carbons (Fsp3) is 0.875. The normalized spacial score (nSPS) is 11.4. The number of halogens is 2. The molecule has 0 unspecified atom stereocenters. The topological polar surface area (TPSA) is 64.3 Å². The zero-order chi connectivity index (χ0) is 11.0. The Morgan fingerprint density at radius 2 is 2.21 bits per heavy atom. The van der Waals surface area contributed by atoms with E-state index in [1.165, 1.54) is 0 Å². The number of ether oxygens (including phenoxy) is 1. The maximum atomic E-state index is 12.5. The van der Waals surface area contributed by atoms with Crippen LogP contribution in [0.2, 0.25) is 0 Å². The zero-order valence-electron chi connectivity index (χ0n) is 8.19. The molecular formula is C8H16F2N2O2. The molecule has 0 radical (unpaired) electrons. The first-order valence-corrected chi connectivity index (χ1v) is 4.44. The Hall–Kier alpha value is -0.750. The van der Waals surface area contributed by atoms with Gasteiger partial charge < -0.3 is 15.8 Å². The summed E-state index contributed by atoms with van der Waals surface area (Å²) < 4.78 is 29.9. The first-order chi connectivity index (χ1) is 6.52. The summed E-state index contributed by atoms with van der Waals surface area (Å²) in [6.45, 7) is 0.636. The second-order valence-corrected chi connectivity index (χ2v) is 2.89. The van der Waals surface area contributed by atoms with Crippen LogP contribution in [-0.4, -0.2) is 38.1 Å². The number of hydrogen-bond donors (Lipinski definition) is 2. The lowest BCUT2D eigenvalue weighted by molar-refractivity contribution is -0.127. The Bertz CT molecular complexity index is 177. The minimum atomic E-state index is -3.04. The van der Waals surface area contributed by atoms with Crippen LogP contribution in [0.1, 0.15) is 13.3 Å². The van der Waals surface area contributed by atoms with Crippen LogP contribution in [-0.2, 0) is 9.53 Å². The highest BCUT2D eigenvalue weighted by Crippen LogP contribution is 2.08. The molecule has 0 aliphatic rings. The van der Waals surface area contributed by atoms with Crippen molar-refractivity contribution in [1.29, 1.82) is 0 Å². The van der Waals surface area contributed by atoms with Gasteiger partial charge in [-0.2, -0.15) is 0 Å². The number of nitrogens with one attached hydrogen (secondary N) is 1. The number of amides is 1. The molecule has 0 saturated carbocycles. The molecule has 1 amide bonds. The van der Waals surface area contributed by atoms with E-state index in [2.05, 4.69) is 0 Å². The fourth-order valence-electron chi connectivity index (χ4n) is 0.660. The van der Waals surface area contributed by atoms with E-state index in [0.717, 1.165) is 6.42 Å². The SMILES string of the molecule is CCCOCC(=O)NCC(F)(F)CN. The number of alkyl halides is 2. The molecule has 0 saturated heterocycles. The molecule has 0 aliphatic carbocycles. The number of nitrogens with two attached hydrogens (primary N) is 1. The van der Waals surface area contributed by atoms with Gasteiger partial charge in [0, 0.05) is 6.61 Å². The number of hydrogen-bond acceptors (Lipinski definition) is 3. The lowest BCUT2D eigenvalue weighted by Crippen LogP contribution is -2.42. The average molecular weight is 210 g/mol. The maximum Gasteiger partial charge on any atom is 0.277 e. The quantitative estimate of drug-likeness (QED) is 0.587. The molecule has 0 aliphatic heterocycles. The van der Waals surface area contributed by atoms with Gasteiger partial charge in [0.05, 0.1) is 13.1 Å². The maximum absolute atomic E-state index is 12.5. The standard InChI is InChI=1S/C8H16F2N2O2/c1-2-3-14-4-7(13)12-6-8(9,10)5-11/h2-6,11H2,1H3,(H,12,13). The molecule has 0 heterocycles. The van der Waals surface area contributed by atoms with E-state index in [1.807, 2.05) is 12.2 Å². The van der Waals surface area contributed by atoms with Gasteiger partial charge >= 0.3 is 0 Å². The van der Waals surface area contributed by atoms with Gasteiger partial charge in [0.1, 0.15) is 6.61 Å². The van der Waals surface area contributed by atoms with Crippen molar-refractivity contribution < 1.29 is 18.3 Å². The van der Waals surface area contributed by atoms with Gasteiger partial charge in [-0.05, 0) is 6.42 Å². The third kappa shape index (κ3) is 6.73. The van der Waals surface area contributed by atoms with E-state index in [4.69, 9.17) is 10.5 Å². The monoisotopic (exact) mass is 210 g/mol. The summed E-state index contributed by atoms with van der Waals surface area (Å²) in [7, 11) is 0. The minimum Gasteiger partial charge on any atom is -0.372 e. The molecule has 3 N–H and O–H groups in total. The number of carbonyl (C=O) groups is 1. The molecule has 0 aromatic carbocycles. The van der Waals surface area contributed by atoms with Gasteiger partial charge in [0.15, 0.2) is 0 Å². The summed E-state index contributed by atoms with van der Waals surface area (Å²) in [5.41, 5.74) is 4.78. The zero-order valence-corrected chi connectivity index (χ0v) is 8.19. The highest BCUT2D eigenvalue weighted by molar-refractivity contribution is 5.77. The van der Waals surface area contributed by atoms with Gasteiger partial charge in [0.2, 0.25) is 5.91 Å². The van der Waals surface area contributed by atoms with E-state index >= 15 is 0 Å². The van der Waals surface area contributed by atoms with Crippen LogP contribution in [0.4, 0.5) is 8.78 Å². The highest BCUT2D eigenvalue weighted by Gasteiger charge is 2.26. The molecule has 14 heavy (non-hydrogen) atoms. The average Bonchev–Trinajstić information content (AvgIpc) is 2.16. The van der Waals surface area contributed by atoms with Crippen molar-refractivity contribution in [2.75, 3.05) is 26.3 Å². The Morgan fingerprint density at radius 1 is 1.57 bits per heavy atom. The lowest BCUT2D eigenvalue weighted by Gasteiger charge is -2.14. The largest absolute Gasteiger partial charge is 0.372 e. The molecule has 0 spiro atoms. The van der Waals surface area contributed by atoms with Crippen LogP contribution >= 0.6 is 0 Å². The summed E-state index contributed by atoms with van der Waals surface area (Å²) in [6.07, 6.45) is 0.784. The van der Waals surface area contributed by atoms with Crippen molar-refractivity contribution in [2.45, 2.75) is 19.3 Å². The predicted octanol–water partition coefficient (Wildman–Crippen LogP) is 0.123. The Morgan fingerprint density at radius 3 is 2.71 bits per heavy atom. The Balaban J connectivity index is 3.53. The molecule has 84 valence electrons. The van der Waals surface area contributed by atoms with Crippen LogP contribution in [0.25, 0.3) is 0 Å². The third-order valence-corrected chi connectivity index (χ3v) is 1.42. The fourth-order valence-corrected chi connectivity index (χ4v) is 0.660. The molecule has 0 fully saturated rings. The second kappa shape index (κ2) is 6.67. The first-order valence-electron chi connectivity index (χ1n) is 4.44. The van der Waals surface area contributed by atoms with Crippen molar-refractivity contribution in [3.8, 4) is 0 Å². The van der Waals surface area contributed by atoms with Crippen LogP contribution < -0.4 is 11.1 Å². The molecule has 6 heteroatoms. The summed E-state index contributed by atoms with van der Waals surface area (Å²) in [4.78, 5) is 10.9. The Labute approximate surface area is 81.8 Å². The minimum absolute atomic E-state index is 0.186. The molecule has 4 nitrogen and oxygen atoms in total. The van der Waals surface area contributed by atoms with Gasteiger partial charge in [-0.3, -0.25) is 4.79 Å². The third-order valence-electron chi connectivity index (χ3n) is 1.42. The predicted molar refractivity (Wildman–Crippen MR) is 48.1 cm³/mol. The first kappa shape index (κ1) is 13.2. The van der Waals surface area contributed by atoms with Crippen LogP contribution in [0.15, 0.2) is 0 Å². The van der Waals surface area contributed by atoms with E-state index in [1.54, 1.807) is 0 Å². The van der Waals surface area contributed by atoms with E-state index in [0.29, 0.717) is 6.61 Å². The van der Waals surface area contributed by atoms with E-state index in [-0.39, 0.29) is 6.61 Å². The smallest absolute Gasteiger partial charge is 0.277 e. The summed E-state index contributed by atoms with van der Waals surface area (Å²) >= 11 is 0. The molecule has 0 aromatic rings. The van der Waals surface area contributed by atoms with Gasteiger partial charge in [-0.15, -0.1) is 0 Å². The summed E-state index contributed by atoms with van der Waals surface area (Å²) in [5, 5.41) is 2.04. The molecule has 0 aromatic heterocycles. The summed E-state index contributed by atoms with van der Waals surface area (Å²) in [6, 6.07) is 0. The molecule has 0 rings (SSSR count). The van der Waals surface area contributed by atoms with Crippen molar-refractivity contribution in [3.63, 3.8) is 0 Å². The van der Waals surface area contributed by atoms with Crippen molar-refractivity contribution in [3.05, 3.63) is 0 Å². The lowest BCUT2D eigenvalue weighted by atomic mass is 10.3. The van der Waals surface area contributed by atoms with Crippen molar-refractivity contribution in [1.82, 2.24) is 5.32 Å². The highest BCUT2D eigenvalue weighted by atomic mass is 19.3. The molecule has 0 atom stereocenters. The van der Waals surface area contributed by atoms with Crippen LogP contribution in [0, 0.1) is 0 Å². The van der Waals surface area contributed by atoms with Gasteiger partial charge in [-0.1, -0.05) is 6.92 Å². The van der Waals surface area contributed by atoms with Crippen LogP contribution in [0.5, 0.6) is 0 Å². The van der Waals surface area contributed by atoms with Gasteiger partial charge in [0.25, 0.3) is 5.92 Å². The molecular weight excluding hydrogens is 194 g/mol. The number of carbonyl (C=O) groups excluding carboxylic acids is 1. The van der Waals surface area contributed by atoms with E-state index in [9.17, 15) is 13.6 Å². The molecule has 0 bridgehead atoms. The second-order valence-electron chi connectivity index (χ2n) is 2.89. The Kier molecular flexibility index (Phi) is 6.31. The summed E-state index contributed by atoms with van der Waals surface area (Å²) in [5.74, 6) is -3.59. The van der Waals surface area contributed by atoms with Crippen molar-refractivity contribution >= 4 is 5.91 Å². The van der Waals surface area contributed by atoms with Crippen LogP contribution in [0.3, 0.4) is 0 Å². The van der Waals surface area contributed by atoms with E-state index < -0.39 is 24.9 Å². The number of rotatable bonds is 7. The van der Waals surface area contributed by atoms with Gasteiger partial charge in [-0.25, -0.2) is 8.78 Å².